The first-order valence-corrected chi connectivity index (χ1v) is 7.47. The Bertz CT molecular complexity index is 692. The fourth-order valence-corrected chi connectivity index (χ4v) is 4.01. The molecule has 106 valence electrons. The third-order valence-electron chi connectivity index (χ3n) is 5.16. The van der Waals surface area contributed by atoms with E-state index in [-0.39, 0.29) is 17.3 Å². The van der Waals surface area contributed by atoms with Crippen LogP contribution in [0.3, 0.4) is 0 Å². The molecule has 0 aromatic heterocycles. The summed E-state index contributed by atoms with van der Waals surface area (Å²) < 4.78 is 5.95. The second kappa shape index (κ2) is 4.54. The second-order valence-electron chi connectivity index (χ2n) is 6.17. The summed E-state index contributed by atoms with van der Waals surface area (Å²) in [7, 11) is 1.75. The molecule has 0 heterocycles. The molecule has 0 saturated heterocycles. The Morgan fingerprint density at radius 2 is 1.52 bits per heavy atom. The topological polar surface area (TPSA) is 26.3 Å². The van der Waals surface area contributed by atoms with Crippen LogP contribution in [0.1, 0.15) is 27.0 Å². The quantitative estimate of drug-likeness (QED) is 0.843. The van der Waals surface area contributed by atoms with Gasteiger partial charge in [-0.3, -0.25) is 4.79 Å². The molecule has 2 aliphatic carbocycles. The van der Waals surface area contributed by atoms with Crippen molar-refractivity contribution >= 4 is 5.78 Å². The summed E-state index contributed by atoms with van der Waals surface area (Å²) in [4.78, 5) is 12.8. The van der Waals surface area contributed by atoms with Crippen LogP contribution in [0.25, 0.3) is 0 Å². The summed E-state index contributed by atoms with van der Waals surface area (Å²) in [6.07, 6.45) is 2.48. The minimum atomic E-state index is -0.375. The van der Waals surface area contributed by atoms with Crippen LogP contribution in [-0.4, -0.2) is 18.5 Å². The number of benzene rings is 2. The maximum absolute atomic E-state index is 12.8. The summed E-state index contributed by atoms with van der Waals surface area (Å²) in [6, 6.07) is 16.4. The van der Waals surface area contributed by atoms with Gasteiger partial charge in [0.1, 0.15) is 0 Å². The summed E-state index contributed by atoms with van der Waals surface area (Å²) in [6.45, 7) is 0. The lowest BCUT2D eigenvalue weighted by atomic mass is 9.81. The van der Waals surface area contributed by atoms with Crippen LogP contribution in [0, 0.1) is 5.92 Å². The highest BCUT2D eigenvalue weighted by Crippen LogP contribution is 2.43. The molecule has 0 aliphatic heterocycles. The molecule has 0 spiro atoms. The van der Waals surface area contributed by atoms with Crippen LogP contribution in [0.4, 0.5) is 0 Å². The van der Waals surface area contributed by atoms with Crippen molar-refractivity contribution < 1.29 is 9.53 Å². The number of hydrogen-bond acceptors (Lipinski definition) is 2. The number of ketones is 1. The normalized spacial score (nSPS) is 22.1. The monoisotopic (exact) mass is 278 g/mol. The molecule has 1 atom stereocenters. The van der Waals surface area contributed by atoms with Crippen molar-refractivity contribution in [1.82, 2.24) is 0 Å². The molecule has 0 N–H and O–H groups in total. The summed E-state index contributed by atoms with van der Waals surface area (Å²) >= 11 is 0. The van der Waals surface area contributed by atoms with Gasteiger partial charge in [-0.05, 0) is 23.1 Å². The number of carbonyl (C=O) groups excluding carboxylic acids is 1. The van der Waals surface area contributed by atoms with Gasteiger partial charge in [0, 0.05) is 25.5 Å². The van der Waals surface area contributed by atoms with E-state index in [2.05, 4.69) is 30.3 Å². The van der Waals surface area contributed by atoms with Crippen LogP contribution in [0.15, 0.2) is 48.5 Å². The van der Waals surface area contributed by atoms with Gasteiger partial charge < -0.3 is 4.74 Å². The van der Waals surface area contributed by atoms with Crippen molar-refractivity contribution in [3.05, 3.63) is 70.8 Å². The van der Waals surface area contributed by atoms with Gasteiger partial charge in [0.2, 0.25) is 0 Å². The SMILES string of the molecule is COC1(C2Cc3ccccc3C2=O)Cc2ccccc2C1. The number of Topliss-reactive ketones (excluding diaryl/α,β-unsaturated/α-hetero) is 1. The fourth-order valence-electron chi connectivity index (χ4n) is 4.01. The number of methoxy groups -OCH3 is 1. The van der Waals surface area contributed by atoms with E-state index >= 15 is 0 Å². The molecule has 2 aromatic carbocycles. The van der Waals surface area contributed by atoms with E-state index < -0.39 is 0 Å². The molecule has 2 heteroatoms. The summed E-state index contributed by atoms with van der Waals surface area (Å²) in [5.74, 6) is 0.188. The average molecular weight is 278 g/mol. The third kappa shape index (κ3) is 1.79. The Labute approximate surface area is 124 Å². The lowest BCUT2D eigenvalue weighted by Gasteiger charge is -2.33. The van der Waals surface area contributed by atoms with Crippen molar-refractivity contribution in [2.45, 2.75) is 24.9 Å². The van der Waals surface area contributed by atoms with E-state index in [1.165, 1.54) is 16.7 Å². The molecule has 0 amide bonds. The molecule has 2 nitrogen and oxygen atoms in total. The van der Waals surface area contributed by atoms with E-state index in [0.29, 0.717) is 0 Å². The molecule has 2 aromatic rings. The van der Waals surface area contributed by atoms with Crippen molar-refractivity contribution in [2.75, 3.05) is 7.11 Å². The number of rotatable bonds is 2. The van der Waals surface area contributed by atoms with E-state index in [4.69, 9.17) is 4.74 Å². The average Bonchev–Trinajstić information content (AvgIpc) is 3.07. The molecule has 2 aliphatic rings. The highest BCUT2D eigenvalue weighted by atomic mass is 16.5. The van der Waals surface area contributed by atoms with Crippen LogP contribution in [0.2, 0.25) is 0 Å². The van der Waals surface area contributed by atoms with Gasteiger partial charge in [-0.1, -0.05) is 48.5 Å². The Balaban J connectivity index is 1.73. The largest absolute Gasteiger partial charge is 0.377 e. The standard InChI is InChI=1S/C19H18O2/c1-21-19(11-14-7-2-3-8-15(14)12-19)17-10-13-6-4-5-9-16(13)18(17)20/h2-9,17H,10-12H2,1H3. The molecule has 0 bridgehead atoms. The maximum Gasteiger partial charge on any atom is 0.169 e. The lowest BCUT2D eigenvalue weighted by Crippen LogP contribution is -2.44. The Morgan fingerprint density at radius 1 is 0.952 bits per heavy atom. The zero-order valence-electron chi connectivity index (χ0n) is 12.1. The molecule has 0 fully saturated rings. The first kappa shape index (κ1) is 12.8. The lowest BCUT2D eigenvalue weighted by molar-refractivity contribution is -0.0384. The summed E-state index contributed by atoms with van der Waals surface area (Å²) in [5, 5.41) is 0. The highest BCUT2D eigenvalue weighted by Gasteiger charge is 2.50. The maximum atomic E-state index is 12.8. The van der Waals surface area contributed by atoms with Crippen molar-refractivity contribution in [1.29, 1.82) is 0 Å². The molecular formula is C19H18O2. The Morgan fingerprint density at radius 3 is 2.10 bits per heavy atom. The third-order valence-corrected chi connectivity index (χ3v) is 5.16. The van der Waals surface area contributed by atoms with E-state index in [1.54, 1.807) is 7.11 Å². The molecule has 21 heavy (non-hydrogen) atoms. The smallest absolute Gasteiger partial charge is 0.169 e. The van der Waals surface area contributed by atoms with E-state index in [9.17, 15) is 4.79 Å². The van der Waals surface area contributed by atoms with Crippen molar-refractivity contribution in [3.8, 4) is 0 Å². The Kier molecular flexibility index (Phi) is 2.76. The summed E-state index contributed by atoms with van der Waals surface area (Å²) in [5.41, 5.74) is 4.32. The number of carbonyl (C=O) groups is 1. The van der Waals surface area contributed by atoms with Crippen LogP contribution in [0.5, 0.6) is 0 Å². The first-order chi connectivity index (χ1) is 10.2. The second-order valence-corrected chi connectivity index (χ2v) is 6.17. The van der Waals surface area contributed by atoms with Gasteiger partial charge in [0.25, 0.3) is 0 Å². The van der Waals surface area contributed by atoms with Crippen molar-refractivity contribution in [3.63, 3.8) is 0 Å². The molecule has 0 saturated carbocycles. The van der Waals surface area contributed by atoms with Gasteiger partial charge in [0.15, 0.2) is 5.78 Å². The number of ether oxygens (including phenoxy) is 1. The van der Waals surface area contributed by atoms with Crippen LogP contribution < -0.4 is 0 Å². The Hall–Kier alpha value is -1.93. The highest BCUT2D eigenvalue weighted by molar-refractivity contribution is 6.03. The molecule has 4 rings (SSSR count). The first-order valence-electron chi connectivity index (χ1n) is 7.47. The predicted octanol–water partition coefficient (Wildman–Crippen LogP) is 3.23. The molecule has 0 radical (unpaired) electrons. The van der Waals surface area contributed by atoms with Crippen molar-refractivity contribution in [2.24, 2.45) is 5.92 Å². The minimum absolute atomic E-state index is 0.0627. The zero-order chi connectivity index (χ0) is 14.4. The van der Waals surface area contributed by atoms with Crippen LogP contribution >= 0.6 is 0 Å². The zero-order valence-corrected chi connectivity index (χ0v) is 12.1. The number of fused-ring (bicyclic) bond motifs is 2. The van der Waals surface area contributed by atoms with Gasteiger partial charge in [-0.25, -0.2) is 0 Å². The van der Waals surface area contributed by atoms with Gasteiger partial charge in [-0.15, -0.1) is 0 Å². The predicted molar refractivity (Wildman–Crippen MR) is 81.6 cm³/mol. The molecular weight excluding hydrogens is 260 g/mol. The molecule has 1 unspecified atom stereocenters. The van der Waals surface area contributed by atoms with Gasteiger partial charge in [0.05, 0.1) is 11.5 Å². The van der Waals surface area contributed by atoms with Gasteiger partial charge >= 0.3 is 0 Å². The fraction of sp³-hybridized carbons (Fsp3) is 0.316. The minimum Gasteiger partial charge on any atom is -0.377 e. The van der Waals surface area contributed by atoms with E-state index in [1.807, 2.05) is 18.2 Å². The van der Waals surface area contributed by atoms with Gasteiger partial charge in [-0.2, -0.15) is 0 Å². The number of hydrogen-bond donors (Lipinski definition) is 0. The van der Waals surface area contributed by atoms with Crippen LogP contribution in [-0.2, 0) is 24.0 Å². The van der Waals surface area contributed by atoms with E-state index in [0.717, 1.165) is 24.8 Å².